The maximum absolute atomic E-state index is 14.0. The van der Waals surface area contributed by atoms with Gasteiger partial charge in [-0.25, -0.2) is 4.99 Å². The van der Waals surface area contributed by atoms with Gasteiger partial charge in [-0.05, 0) is 45.9 Å². The van der Waals surface area contributed by atoms with Gasteiger partial charge in [-0.3, -0.25) is 4.79 Å². The standard InChI is InChI=1S/C70H84N2O15Si/c1-46(73)71-57-62(76-40-50-30-18-10-19-31-50)60(86-69-65(78-42-52-34-22-12-23-35-52)64(87-88(6,7)70(3,4)5)61-56(83-69)45-79-66(84-61)53-36-24-13-25-37-53)55(44-75-39-49-28-16-9-17-29-49)82-68(57)85-59-54(43-74-38-48-26-14-8-15-27-48)81-67-58(72-47(2)80-67)63(59)77-41-51-32-20-11-21-33-51/h8-37,54-69H,38-45H2,1-7H3,(H,71,73)/t54-,55-,56-,57-,58-,59-,60-,61-,62-,63-,64+,65+,66-,67+,68+,69+/m1/s1. The topological polar surface area (TPSA) is 171 Å². The lowest BCUT2D eigenvalue weighted by molar-refractivity contribution is -0.389. The van der Waals surface area contributed by atoms with Crippen molar-refractivity contribution < 1.29 is 70.8 Å². The predicted octanol–water partition coefficient (Wildman–Crippen LogP) is 10.9. The van der Waals surface area contributed by atoms with Crippen LogP contribution in [0.5, 0.6) is 0 Å². The number of nitrogens with zero attached hydrogens (tertiary/aromatic N) is 1. The maximum atomic E-state index is 14.0. The molecule has 6 aromatic carbocycles. The van der Waals surface area contributed by atoms with Crippen LogP contribution in [0.2, 0.25) is 18.1 Å². The summed E-state index contributed by atoms with van der Waals surface area (Å²) in [4.78, 5) is 19.0. The highest BCUT2D eigenvalue weighted by Crippen LogP contribution is 2.45. The molecule has 0 aliphatic carbocycles. The van der Waals surface area contributed by atoms with E-state index in [4.69, 9.17) is 71.0 Å². The van der Waals surface area contributed by atoms with E-state index in [0.29, 0.717) is 12.5 Å². The van der Waals surface area contributed by atoms with E-state index >= 15 is 0 Å². The molecule has 18 heteroatoms. The number of nitrogens with one attached hydrogen (secondary N) is 1. The molecule has 468 valence electrons. The lowest BCUT2D eigenvalue weighted by Crippen LogP contribution is -2.70. The van der Waals surface area contributed by atoms with Gasteiger partial charge >= 0.3 is 0 Å². The Hall–Kier alpha value is -6.04. The molecule has 5 aliphatic heterocycles. The normalized spacial score (nSPS) is 29.7. The molecule has 0 aromatic heterocycles. The number of ether oxygens (including phenoxy) is 13. The minimum absolute atomic E-state index is 0.0264. The first-order valence-corrected chi connectivity index (χ1v) is 33.6. The van der Waals surface area contributed by atoms with E-state index in [0.717, 1.165) is 33.4 Å². The second-order valence-corrected chi connectivity index (χ2v) is 29.4. The number of aliphatic imine (C=N–C) groups is 1. The Morgan fingerprint density at radius 3 is 1.51 bits per heavy atom. The average molecular weight is 1220 g/mol. The lowest BCUT2D eigenvalue weighted by atomic mass is 9.93. The zero-order chi connectivity index (χ0) is 61.0. The van der Waals surface area contributed by atoms with Gasteiger partial charge in [0.25, 0.3) is 0 Å². The minimum atomic E-state index is -2.65. The van der Waals surface area contributed by atoms with Crippen LogP contribution in [0.1, 0.15) is 74.3 Å². The third-order valence-electron chi connectivity index (χ3n) is 17.1. The monoisotopic (exact) mass is 1220 g/mol. The fraction of sp³-hybridized carbons (Fsp3) is 0.457. The number of hydrogen-bond acceptors (Lipinski definition) is 16. The average Bonchev–Trinajstić information content (AvgIpc) is 1.08. The Kier molecular flexibility index (Phi) is 21.5. The van der Waals surface area contributed by atoms with E-state index < -0.39 is 107 Å². The minimum Gasteiger partial charge on any atom is -0.450 e. The summed E-state index contributed by atoms with van der Waals surface area (Å²) in [6, 6.07) is 57.7. The van der Waals surface area contributed by atoms with Gasteiger partial charge in [-0.2, -0.15) is 0 Å². The molecular weight excluding hydrogens is 1140 g/mol. The molecule has 1 N–H and O–H groups in total. The molecule has 5 heterocycles. The molecule has 0 bridgehead atoms. The van der Waals surface area contributed by atoms with Gasteiger partial charge in [0.05, 0.1) is 52.9 Å². The molecular formula is C70H84N2O15Si. The van der Waals surface area contributed by atoms with Gasteiger partial charge in [0.15, 0.2) is 33.1 Å². The molecule has 0 unspecified atom stereocenters. The molecule has 6 aromatic rings. The smallest absolute Gasteiger partial charge is 0.227 e. The first-order valence-electron chi connectivity index (χ1n) is 30.7. The van der Waals surface area contributed by atoms with Crippen molar-refractivity contribution >= 4 is 20.1 Å². The number of rotatable bonds is 25. The first kappa shape index (κ1) is 63.5. The van der Waals surface area contributed by atoms with Crippen LogP contribution in [0.4, 0.5) is 0 Å². The van der Waals surface area contributed by atoms with Crippen molar-refractivity contribution in [3.63, 3.8) is 0 Å². The van der Waals surface area contributed by atoms with E-state index in [2.05, 4.69) is 39.2 Å². The number of benzene rings is 6. The maximum Gasteiger partial charge on any atom is 0.227 e. The number of carbonyl (C=O) groups excluding carboxylic acids is 1. The summed E-state index contributed by atoms with van der Waals surface area (Å²) in [5.74, 6) is 0.0785. The van der Waals surface area contributed by atoms with E-state index in [1.807, 2.05) is 182 Å². The third kappa shape index (κ3) is 16.1. The summed E-state index contributed by atoms with van der Waals surface area (Å²) in [5, 5.41) is 3.01. The summed E-state index contributed by atoms with van der Waals surface area (Å²) < 4.78 is 98.4. The number of carbonyl (C=O) groups is 1. The Labute approximate surface area is 518 Å². The third-order valence-corrected chi connectivity index (χ3v) is 21.5. The van der Waals surface area contributed by atoms with Crippen molar-refractivity contribution in [3.8, 4) is 0 Å². The van der Waals surface area contributed by atoms with Crippen molar-refractivity contribution in [2.24, 2.45) is 4.99 Å². The highest BCUT2D eigenvalue weighted by atomic mass is 28.4. The predicted molar refractivity (Wildman–Crippen MR) is 331 cm³/mol. The summed E-state index contributed by atoms with van der Waals surface area (Å²) >= 11 is 0. The van der Waals surface area contributed by atoms with Crippen LogP contribution >= 0.6 is 0 Å². The van der Waals surface area contributed by atoms with Crippen LogP contribution in [0.15, 0.2) is 187 Å². The summed E-state index contributed by atoms with van der Waals surface area (Å²) in [5.41, 5.74) is 5.55. The van der Waals surface area contributed by atoms with E-state index in [1.54, 1.807) is 6.92 Å². The van der Waals surface area contributed by atoms with E-state index in [1.165, 1.54) is 6.92 Å². The van der Waals surface area contributed by atoms with Gasteiger partial charge in [-0.15, -0.1) is 0 Å². The van der Waals surface area contributed by atoms with Crippen molar-refractivity contribution in [3.05, 3.63) is 215 Å². The van der Waals surface area contributed by atoms with Gasteiger partial charge in [-0.1, -0.05) is 203 Å². The highest BCUT2D eigenvalue weighted by molar-refractivity contribution is 6.74. The summed E-state index contributed by atoms with van der Waals surface area (Å²) in [6.07, 6.45) is -12.5. The first-order chi connectivity index (χ1) is 42.7. The second-order valence-electron chi connectivity index (χ2n) is 24.6. The Balaban J connectivity index is 0.996. The van der Waals surface area contributed by atoms with Crippen molar-refractivity contribution in [1.29, 1.82) is 0 Å². The molecule has 0 spiro atoms. The Morgan fingerprint density at radius 1 is 0.545 bits per heavy atom. The molecule has 4 saturated heterocycles. The van der Waals surface area contributed by atoms with Crippen LogP contribution in [-0.2, 0) is 104 Å². The van der Waals surface area contributed by atoms with Gasteiger partial charge in [0.1, 0.15) is 73.1 Å². The molecule has 5 aliphatic rings. The van der Waals surface area contributed by atoms with Gasteiger partial charge < -0.3 is 71.3 Å². The molecule has 0 saturated carbocycles. The number of amides is 1. The molecule has 4 fully saturated rings. The molecule has 1 amide bonds. The van der Waals surface area contributed by atoms with Crippen LogP contribution < -0.4 is 5.32 Å². The van der Waals surface area contributed by atoms with Crippen LogP contribution in [0, 0.1) is 0 Å². The molecule has 88 heavy (non-hydrogen) atoms. The Bertz CT molecular complexity index is 3110. The summed E-state index contributed by atoms with van der Waals surface area (Å²) in [7, 11) is -2.65. The Morgan fingerprint density at radius 2 is 1.00 bits per heavy atom. The van der Waals surface area contributed by atoms with Crippen molar-refractivity contribution in [1.82, 2.24) is 5.32 Å². The van der Waals surface area contributed by atoms with Crippen molar-refractivity contribution in [2.45, 2.75) is 184 Å². The largest absolute Gasteiger partial charge is 0.450 e. The second kappa shape index (κ2) is 29.7. The molecule has 17 nitrogen and oxygen atoms in total. The summed E-state index contributed by atoms with van der Waals surface area (Å²) in [6.45, 7) is 15.6. The van der Waals surface area contributed by atoms with Crippen LogP contribution in [0.25, 0.3) is 0 Å². The van der Waals surface area contributed by atoms with Crippen LogP contribution in [-0.4, -0.2) is 132 Å². The van der Waals surface area contributed by atoms with E-state index in [9.17, 15) is 4.79 Å². The van der Waals surface area contributed by atoms with E-state index in [-0.39, 0.29) is 57.2 Å². The molecule has 11 rings (SSSR count). The number of fused-ring (bicyclic) bond motifs is 2. The zero-order valence-corrected chi connectivity index (χ0v) is 52.3. The quantitative estimate of drug-likeness (QED) is 0.0537. The zero-order valence-electron chi connectivity index (χ0n) is 51.3. The fourth-order valence-electron chi connectivity index (χ4n) is 11.5. The highest BCUT2D eigenvalue weighted by Gasteiger charge is 2.59. The SMILES string of the molecule is CC(=O)N[C@H]1[C@H](O[C@H]2[C@H](OCc3ccccc3)[C@H]3N=C(C)O[C@H]3O[C@@H]2COCc2ccccc2)O[C@H](COCc2ccccc2)[C@@H](O[C@@H]2O[C@@H]3CO[C@@H](c4ccccc4)O[C@H]3[C@H](O[Si](C)(C)C(C)(C)C)[C@@H]2OCc2ccccc2)[C@@H]1OCc1ccccc1. The lowest BCUT2D eigenvalue weighted by Gasteiger charge is -2.54. The molecule has 16 atom stereocenters. The number of hydrogen-bond donors (Lipinski definition) is 1. The van der Waals surface area contributed by atoms with Gasteiger partial charge in [0, 0.05) is 19.4 Å². The van der Waals surface area contributed by atoms with Crippen molar-refractivity contribution in [2.75, 3.05) is 19.8 Å². The molecule has 0 radical (unpaired) electrons. The van der Waals surface area contributed by atoms with Crippen LogP contribution in [0.3, 0.4) is 0 Å². The fourth-order valence-corrected chi connectivity index (χ4v) is 12.8. The van der Waals surface area contributed by atoms with Gasteiger partial charge in [0.2, 0.25) is 12.2 Å².